The van der Waals surface area contributed by atoms with Gasteiger partial charge >= 0.3 is 6.18 Å². The number of hydrogen-bond donors (Lipinski definition) is 1. The van der Waals surface area contributed by atoms with Gasteiger partial charge in [-0.1, -0.05) is 11.6 Å². The van der Waals surface area contributed by atoms with Gasteiger partial charge in [0.05, 0.1) is 24.8 Å². The first-order valence-electron chi connectivity index (χ1n) is 5.16. The van der Waals surface area contributed by atoms with Crippen LogP contribution in [0.5, 0.6) is 0 Å². The lowest BCUT2D eigenvalue weighted by Crippen LogP contribution is -2.34. The number of hydrogen-bond acceptors (Lipinski definition) is 2. The Labute approximate surface area is 102 Å². The molecule has 0 radical (unpaired) electrons. The predicted molar refractivity (Wildman–Crippen MR) is 58.0 cm³/mol. The monoisotopic (exact) mass is 265 g/mol. The van der Waals surface area contributed by atoms with Gasteiger partial charge in [0, 0.05) is 11.6 Å². The highest BCUT2D eigenvalue weighted by atomic mass is 35.5. The molecule has 17 heavy (non-hydrogen) atoms. The number of alkyl halides is 3. The summed E-state index contributed by atoms with van der Waals surface area (Å²) >= 11 is 5.92. The lowest BCUT2D eigenvalue weighted by Gasteiger charge is -2.25. The maximum absolute atomic E-state index is 12.6. The standard InChI is InChI=1S/C11H11ClF3NO/c12-9-2-1-7(11(13,14)15)5-8(9)10-6-17-4-3-16-10/h1-2,5,10,16H,3-4,6H2/t10-/m1/s1. The number of rotatable bonds is 1. The molecular formula is C11H11ClF3NO. The van der Waals surface area contributed by atoms with Crippen molar-refractivity contribution in [1.29, 1.82) is 0 Å². The molecule has 0 unspecified atom stereocenters. The van der Waals surface area contributed by atoms with Crippen LogP contribution in [-0.2, 0) is 10.9 Å². The summed E-state index contributed by atoms with van der Waals surface area (Å²) in [5.74, 6) is 0. The van der Waals surface area contributed by atoms with Crippen LogP contribution in [0.4, 0.5) is 13.2 Å². The summed E-state index contributed by atoms with van der Waals surface area (Å²) in [5.41, 5.74) is -0.259. The fraction of sp³-hybridized carbons (Fsp3) is 0.455. The van der Waals surface area contributed by atoms with Crippen LogP contribution < -0.4 is 5.32 Å². The largest absolute Gasteiger partial charge is 0.416 e. The zero-order valence-corrected chi connectivity index (χ0v) is 9.61. The van der Waals surface area contributed by atoms with Crippen molar-refractivity contribution < 1.29 is 17.9 Å². The van der Waals surface area contributed by atoms with Crippen molar-refractivity contribution in [2.45, 2.75) is 12.2 Å². The maximum atomic E-state index is 12.6. The highest BCUT2D eigenvalue weighted by molar-refractivity contribution is 6.31. The SMILES string of the molecule is FC(F)(F)c1ccc(Cl)c([C@H]2COCCN2)c1. The Balaban J connectivity index is 2.31. The Morgan fingerprint density at radius 2 is 2.12 bits per heavy atom. The molecule has 1 aromatic rings. The molecule has 0 spiro atoms. The van der Waals surface area contributed by atoms with Crippen LogP contribution in [0.25, 0.3) is 0 Å². The lowest BCUT2D eigenvalue weighted by molar-refractivity contribution is -0.137. The zero-order chi connectivity index (χ0) is 12.5. The number of halogens is 4. The third-order valence-corrected chi connectivity index (χ3v) is 2.96. The molecule has 1 heterocycles. The van der Waals surface area contributed by atoms with Crippen molar-refractivity contribution in [2.24, 2.45) is 0 Å². The molecule has 0 amide bonds. The predicted octanol–water partition coefficient (Wildman–Crippen LogP) is 3.02. The fourth-order valence-electron chi connectivity index (χ4n) is 1.75. The van der Waals surface area contributed by atoms with Crippen molar-refractivity contribution in [1.82, 2.24) is 5.32 Å². The van der Waals surface area contributed by atoms with Gasteiger partial charge in [-0.15, -0.1) is 0 Å². The molecule has 1 aliphatic heterocycles. The highest BCUT2D eigenvalue weighted by Gasteiger charge is 2.32. The van der Waals surface area contributed by atoms with E-state index in [9.17, 15) is 13.2 Å². The van der Waals surface area contributed by atoms with E-state index in [0.29, 0.717) is 30.3 Å². The third kappa shape index (κ3) is 2.91. The second-order valence-electron chi connectivity index (χ2n) is 3.82. The van der Waals surface area contributed by atoms with E-state index in [2.05, 4.69) is 5.32 Å². The van der Waals surface area contributed by atoms with Crippen LogP contribution in [-0.4, -0.2) is 19.8 Å². The summed E-state index contributed by atoms with van der Waals surface area (Å²) in [5, 5.41) is 3.40. The molecule has 1 fully saturated rings. The van der Waals surface area contributed by atoms with Crippen molar-refractivity contribution in [2.75, 3.05) is 19.8 Å². The number of benzene rings is 1. The number of morpholine rings is 1. The zero-order valence-electron chi connectivity index (χ0n) is 8.85. The Morgan fingerprint density at radius 3 is 2.71 bits per heavy atom. The number of nitrogens with one attached hydrogen (secondary N) is 1. The summed E-state index contributed by atoms with van der Waals surface area (Å²) in [7, 11) is 0. The van der Waals surface area contributed by atoms with Crippen molar-refractivity contribution in [3.8, 4) is 0 Å². The van der Waals surface area contributed by atoms with Crippen LogP contribution in [0.2, 0.25) is 5.02 Å². The molecule has 1 N–H and O–H groups in total. The average Bonchev–Trinajstić information content (AvgIpc) is 2.29. The summed E-state index contributed by atoms with van der Waals surface area (Å²) in [6.07, 6.45) is -4.35. The van der Waals surface area contributed by atoms with Gasteiger partial charge in [0.2, 0.25) is 0 Å². The molecule has 6 heteroatoms. The van der Waals surface area contributed by atoms with Gasteiger partial charge in [0.25, 0.3) is 0 Å². The van der Waals surface area contributed by atoms with Crippen LogP contribution in [0.15, 0.2) is 18.2 Å². The topological polar surface area (TPSA) is 21.3 Å². The summed E-state index contributed by atoms with van der Waals surface area (Å²) < 4.78 is 42.9. The Morgan fingerprint density at radius 1 is 1.35 bits per heavy atom. The quantitative estimate of drug-likeness (QED) is 0.843. The molecule has 0 aromatic heterocycles. The molecule has 1 atom stereocenters. The van der Waals surface area contributed by atoms with E-state index in [4.69, 9.17) is 16.3 Å². The van der Waals surface area contributed by atoms with Crippen molar-refractivity contribution >= 4 is 11.6 Å². The maximum Gasteiger partial charge on any atom is 0.416 e. The van der Waals surface area contributed by atoms with Crippen LogP contribution in [0, 0.1) is 0 Å². The first-order chi connectivity index (χ1) is 7.98. The molecule has 0 saturated carbocycles. The summed E-state index contributed by atoms with van der Waals surface area (Å²) in [6, 6.07) is 3.05. The molecule has 2 rings (SSSR count). The summed E-state index contributed by atoms with van der Waals surface area (Å²) in [6.45, 7) is 1.51. The van der Waals surface area contributed by atoms with Crippen molar-refractivity contribution in [3.05, 3.63) is 34.3 Å². The van der Waals surface area contributed by atoms with E-state index in [0.717, 1.165) is 12.1 Å². The molecule has 0 aliphatic carbocycles. The van der Waals surface area contributed by atoms with E-state index in [1.54, 1.807) is 0 Å². The molecule has 1 aromatic carbocycles. The van der Waals surface area contributed by atoms with Gasteiger partial charge in [-0.3, -0.25) is 0 Å². The second-order valence-corrected chi connectivity index (χ2v) is 4.22. The molecule has 1 saturated heterocycles. The van der Waals surface area contributed by atoms with Crippen LogP contribution >= 0.6 is 11.6 Å². The van der Waals surface area contributed by atoms with E-state index in [1.165, 1.54) is 6.07 Å². The normalized spacial score (nSPS) is 21.5. The smallest absolute Gasteiger partial charge is 0.378 e. The van der Waals surface area contributed by atoms with Crippen molar-refractivity contribution in [3.63, 3.8) is 0 Å². The minimum Gasteiger partial charge on any atom is -0.378 e. The number of ether oxygens (including phenoxy) is 1. The fourth-order valence-corrected chi connectivity index (χ4v) is 2.00. The molecule has 1 aliphatic rings. The summed E-state index contributed by atoms with van der Waals surface area (Å²) in [4.78, 5) is 0. The van der Waals surface area contributed by atoms with E-state index >= 15 is 0 Å². The Kier molecular flexibility index (Phi) is 3.61. The van der Waals surface area contributed by atoms with Crippen LogP contribution in [0.3, 0.4) is 0 Å². The van der Waals surface area contributed by atoms with Gasteiger partial charge in [-0.2, -0.15) is 13.2 Å². The van der Waals surface area contributed by atoms with E-state index in [1.807, 2.05) is 0 Å². The Hall–Kier alpha value is -0.780. The second kappa shape index (κ2) is 4.84. The van der Waals surface area contributed by atoms with E-state index < -0.39 is 11.7 Å². The molecule has 94 valence electrons. The van der Waals surface area contributed by atoms with Gasteiger partial charge in [-0.25, -0.2) is 0 Å². The molecule has 2 nitrogen and oxygen atoms in total. The van der Waals surface area contributed by atoms with Crippen LogP contribution in [0.1, 0.15) is 17.2 Å². The highest BCUT2D eigenvalue weighted by Crippen LogP contribution is 2.34. The third-order valence-electron chi connectivity index (χ3n) is 2.62. The molecule has 0 bridgehead atoms. The first-order valence-corrected chi connectivity index (χ1v) is 5.54. The minimum absolute atomic E-state index is 0.279. The minimum atomic E-state index is -4.35. The van der Waals surface area contributed by atoms with E-state index in [-0.39, 0.29) is 6.04 Å². The van der Waals surface area contributed by atoms with Gasteiger partial charge in [0.15, 0.2) is 0 Å². The van der Waals surface area contributed by atoms with Gasteiger partial charge in [-0.05, 0) is 23.8 Å². The first kappa shape index (κ1) is 12.7. The van der Waals surface area contributed by atoms with Gasteiger partial charge < -0.3 is 10.1 Å². The Bertz CT molecular complexity index is 402. The average molecular weight is 266 g/mol. The van der Waals surface area contributed by atoms with Gasteiger partial charge in [0.1, 0.15) is 0 Å². The molecular weight excluding hydrogens is 255 g/mol. The lowest BCUT2D eigenvalue weighted by atomic mass is 10.0.